The molecule has 0 saturated carbocycles. The van der Waals surface area contributed by atoms with Gasteiger partial charge in [0.2, 0.25) is 11.8 Å². The number of aromatic amines is 1. The van der Waals surface area contributed by atoms with E-state index in [-0.39, 0.29) is 12.5 Å². The number of anilines is 2. The van der Waals surface area contributed by atoms with Crippen molar-refractivity contribution in [3.05, 3.63) is 90.3 Å². The molecule has 0 spiro atoms. The van der Waals surface area contributed by atoms with Crippen LogP contribution in [0.2, 0.25) is 0 Å². The van der Waals surface area contributed by atoms with Gasteiger partial charge in [-0.1, -0.05) is 48.5 Å². The van der Waals surface area contributed by atoms with Crippen molar-refractivity contribution < 1.29 is 14.6 Å². The number of aromatic nitrogens is 3. The second kappa shape index (κ2) is 9.76. The molecule has 0 bridgehead atoms. The van der Waals surface area contributed by atoms with Crippen molar-refractivity contribution in [1.82, 2.24) is 20.3 Å². The van der Waals surface area contributed by atoms with E-state index in [2.05, 4.69) is 25.6 Å². The highest BCUT2D eigenvalue weighted by Crippen LogP contribution is 2.26. The molecule has 0 saturated heterocycles. The van der Waals surface area contributed by atoms with Crippen LogP contribution in [0.4, 0.5) is 16.4 Å². The van der Waals surface area contributed by atoms with Gasteiger partial charge in [0.25, 0.3) is 0 Å². The molecule has 8 heteroatoms. The average Bonchev–Trinajstić information content (AvgIpc) is 3.28. The first-order valence-electron chi connectivity index (χ1n) is 10.1. The fraction of sp³-hybridized carbons (Fsp3) is 0.125. The Labute approximate surface area is 185 Å². The van der Waals surface area contributed by atoms with E-state index in [9.17, 15) is 9.90 Å². The fourth-order valence-corrected chi connectivity index (χ4v) is 3.21. The van der Waals surface area contributed by atoms with Crippen molar-refractivity contribution >= 4 is 17.7 Å². The van der Waals surface area contributed by atoms with Gasteiger partial charge in [-0.05, 0) is 30.2 Å². The first kappa shape index (κ1) is 21.1. The number of nitrogens with zero attached hydrogens (tertiary/aromatic N) is 2. The van der Waals surface area contributed by atoms with Crippen molar-refractivity contribution in [2.24, 2.45) is 0 Å². The minimum absolute atomic E-state index is 0.244. The lowest BCUT2D eigenvalue weighted by Gasteiger charge is -2.15. The molecule has 0 aliphatic heterocycles. The Bertz CT molecular complexity index is 1180. The topological polar surface area (TPSA) is 112 Å². The molecular formula is C24H23N5O3. The molecule has 4 aromatic rings. The van der Waals surface area contributed by atoms with E-state index in [4.69, 9.17) is 4.74 Å². The number of ether oxygens (including phenoxy) is 1. The molecule has 2 aromatic heterocycles. The number of hydrogen-bond acceptors (Lipinski definition) is 6. The molecule has 0 aliphatic rings. The molecule has 0 fully saturated rings. The van der Waals surface area contributed by atoms with Crippen LogP contribution in [-0.2, 0) is 0 Å². The molecule has 1 amide bonds. The summed E-state index contributed by atoms with van der Waals surface area (Å²) in [5, 5.41) is 15.4. The van der Waals surface area contributed by atoms with Crippen LogP contribution in [0.15, 0.2) is 79.1 Å². The van der Waals surface area contributed by atoms with E-state index in [1.807, 2.05) is 67.6 Å². The molecule has 1 atom stereocenters. The number of amides is 1. The van der Waals surface area contributed by atoms with Gasteiger partial charge in [-0.25, -0.2) is 14.8 Å². The number of benzene rings is 2. The lowest BCUT2D eigenvalue weighted by atomic mass is 10.1. The summed E-state index contributed by atoms with van der Waals surface area (Å²) in [6.45, 7) is 1.67. The monoisotopic (exact) mass is 429 g/mol. The number of aliphatic hydroxyl groups is 1. The lowest BCUT2D eigenvalue weighted by Crippen LogP contribution is -2.33. The summed E-state index contributed by atoms with van der Waals surface area (Å²) in [4.78, 5) is 24.2. The molecule has 32 heavy (non-hydrogen) atoms. The number of aliphatic hydroxyl groups excluding tert-OH is 1. The Balaban J connectivity index is 1.45. The zero-order chi connectivity index (χ0) is 22.3. The largest absolute Gasteiger partial charge is 0.414 e. The van der Waals surface area contributed by atoms with Gasteiger partial charge in [-0.15, -0.1) is 0 Å². The van der Waals surface area contributed by atoms with Crippen molar-refractivity contribution in [2.45, 2.75) is 13.0 Å². The van der Waals surface area contributed by atoms with Crippen LogP contribution in [0.1, 0.15) is 17.2 Å². The molecule has 0 aliphatic carbocycles. The first-order valence-corrected chi connectivity index (χ1v) is 10.1. The minimum atomic E-state index is -0.674. The summed E-state index contributed by atoms with van der Waals surface area (Å²) in [7, 11) is 0. The number of H-pyrrole nitrogens is 1. The number of nitrogens with one attached hydrogen (secondary N) is 3. The van der Waals surface area contributed by atoms with E-state index in [1.165, 1.54) is 0 Å². The lowest BCUT2D eigenvalue weighted by molar-refractivity contribution is 0.182. The molecule has 4 rings (SSSR count). The number of aryl methyl sites for hydroxylation is 1. The van der Waals surface area contributed by atoms with Crippen molar-refractivity contribution in [2.75, 3.05) is 11.9 Å². The molecule has 2 heterocycles. The average molecular weight is 429 g/mol. The molecule has 0 radical (unpaired) electrons. The van der Waals surface area contributed by atoms with Crippen molar-refractivity contribution in [3.63, 3.8) is 0 Å². The zero-order valence-electron chi connectivity index (χ0n) is 17.4. The van der Waals surface area contributed by atoms with Gasteiger partial charge in [-0.3, -0.25) is 0 Å². The Morgan fingerprint density at radius 2 is 1.84 bits per heavy atom. The standard InChI is InChI=1S/C24H23N5O3/c1-16-13-26-23(27-19-10-6-3-7-11-19)29-22(16)18-12-21(25-14-18)32-24(31)28-20(15-30)17-8-4-2-5-9-17/h2-14,20,25,30H,15H2,1H3,(H,28,31)(H,26,27,29). The maximum absolute atomic E-state index is 12.3. The van der Waals surface area contributed by atoms with Gasteiger partial charge in [0.1, 0.15) is 0 Å². The van der Waals surface area contributed by atoms with Crippen LogP contribution < -0.4 is 15.4 Å². The van der Waals surface area contributed by atoms with E-state index in [0.717, 1.165) is 22.4 Å². The van der Waals surface area contributed by atoms with Crippen LogP contribution in [0, 0.1) is 6.92 Å². The van der Waals surface area contributed by atoms with Gasteiger partial charge in [-0.2, -0.15) is 0 Å². The normalized spacial score (nSPS) is 11.6. The SMILES string of the molecule is Cc1cnc(Nc2ccccc2)nc1-c1c[nH]c(OC(=O)NC(CO)c2ccccc2)c1. The van der Waals surface area contributed by atoms with Crippen molar-refractivity contribution in [3.8, 4) is 17.1 Å². The number of carbonyl (C=O) groups is 1. The summed E-state index contributed by atoms with van der Waals surface area (Å²) in [5.41, 5.74) is 4.01. The van der Waals surface area contributed by atoms with Crippen LogP contribution in [0.25, 0.3) is 11.3 Å². The first-order chi connectivity index (χ1) is 15.6. The summed E-state index contributed by atoms with van der Waals surface area (Å²) in [6.07, 6.45) is 2.77. The minimum Gasteiger partial charge on any atom is -0.394 e. The van der Waals surface area contributed by atoms with Gasteiger partial charge >= 0.3 is 6.09 Å². The quantitative estimate of drug-likeness (QED) is 0.348. The Hall–Kier alpha value is -4.17. The summed E-state index contributed by atoms with van der Waals surface area (Å²) < 4.78 is 5.36. The Morgan fingerprint density at radius 3 is 2.56 bits per heavy atom. The van der Waals surface area contributed by atoms with Gasteiger partial charge in [0.05, 0.1) is 18.3 Å². The summed E-state index contributed by atoms with van der Waals surface area (Å²) >= 11 is 0. The van der Waals surface area contributed by atoms with E-state index in [1.54, 1.807) is 18.5 Å². The van der Waals surface area contributed by atoms with Crippen LogP contribution >= 0.6 is 0 Å². The zero-order valence-corrected chi connectivity index (χ0v) is 17.4. The second-order valence-electron chi connectivity index (χ2n) is 7.15. The Kier molecular flexibility index (Phi) is 6.43. The molecular weight excluding hydrogens is 406 g/mol. The third-order valence-corrected chi connectivity index (χ3v) is 4.81. The Morgan fingerprint density at radius 1 is 1.12 bits per heavy atom. The number of para-hydroxylation sites is 1. The third kappa shape index (κ3) is 5.11. The van der Waals surface area contributed by atoms with Gasteiger partial charge in [0.15, 0.2) is 0 Å². The second-order valence-corrected chi connectivity index (χ2v) is 7.15. The molecule has 2 aromatic carbocycles. The predicted octanol–water partition coefficient (Wildman–Crippen LogP) is 4.35. The predicted molar refractivity (Wildman–Crippen MR) is 122 cm³/mol. The maximum Gasteiger partial charge on any atom is 0.414 e. The third-order valence-electron chi connectivity index (χ3n) is 4.81. The molecule has 4 N–H and O–H groups in total. The summed E-state index contributed by atoms with van der Waals surface area (Å²) in [6, 6.07) is 20.0. The molecule has 1 unspecified atom stereocenters. The number of carbonyl (C=O) groups excluding carboxylic acids is 1. The van der Waals surface area contributed by atoms with Crippen LogP contribution in [-0.4, -0.2) is 32.8 Å². The number of hydrogen-bond donors (Lipinski definition) is 4. The maximum atomic E-state index is 12.3. The van der Waals surface area contributed by atoms with E-state index < -0.39 is 12.1 Å². The van der Waals surface area contributed by atoms with Crippen molar-refractivity contribution in [1.29, 1.82) is 0 Å². The number of rotatable bonds is 7. The molecule has 8 nitrogen and oxygen atoms in total. The van der Waals surface area contributed by atoms with E-state index in [0.29, 0.717) is 11.6 Å². The van der Waals surface area contributed by atoms with Crippen LogP contribution in [0.3, 0.4) is 0 Å². The molecule has 162 valence electrons. The van der Waals surface area contributed by atoms with Gasteiger partial charge in [0, 0.05) is 29.7 Å². The highest BCUT2D eigenvalue weighted by atomic mass is 16.6. The highest BCUT2D eigenvalue weighted by molar-refractivity contribution is 5.72. The highest BCUT2D eigenvalue weighted by Gasteiger charge is 2.16. The smallest absolute Gasteiger partial charge is 0.394 e. The van der Waals surface area contributed by atoms with Crippen LogP contribution in [0.5, 0.6) is 5.88 Å². The summed E-state index contributed by atoms with van der Waals surface area (Å²) in [5.74, 6) is 0.727. The fourth-order valence-electron chi connectivity index (χ4n) is 3.21. The van der Waals surface area contributed by atoms with Gasteiger partial charge < -0.3 is 25.5 Å². The van der Waals surface area contributed by atoms with E-state index >= 15 is 0 Å².